The molecule has 2 N–H and O–H groups in total. The average molecular weight is 343 g/mol. The predicted molar refractivity (Wildman–Crippen MR) is 98.7 cm³/mol. The van der Waals surface area contributed by atoms with Crippen LogP contribution in [0.2, 0.25) is 0 Å². The van der Waals surface area contributed by atoms with Gasteiger partial charge >= 0.3 is 0 Å². The van der Waals surface area contributed by atoms with Crippen molar-refractivity contribution in [1.29, 1.82) is 5.26 Å². The van der Waals surface area contributed by atoms with Gasteiger partial charge in [0.2, 0.25) is 0 Å². The number of aromatic nitrogens is 5. The van der Waals surface area contributed by atoms with Crippen LogP contribution in [-0.4, -0.2) is 30.6 Å². The first-order chi connectivity index (χ1) is 12.8. The highest BCUT2D eigenvalue weighted by Crippen LogP contribution is 2.31. The molecule has 1 saturated carbocycles. The summed E-state index contributed by atoms with van der Waals surface area (Å²) in [6.45, 7) is 0. The quantitative estimate of drug-likeness (QED) is 0.594. The van der Waals surface area contributed by atoms with Gasteiger partial charge in [-0.1, -0.05) is 12.8 Å². The van der Waals surface area contributed by atoms with Crippen molar-refractivity contribution in [3.63, 3.8) is 0 Å². The zero-order valence-corrected chi connectivity index (χ0v) is 14.1. The zero-order valence-electron chi connectivity index (χ0n) is 14.1. The normalized spacial score (nSPS) is 14.9. The molecule has 1 aliphatic rings. The molecule has 26 heavy (non-hydrogen) atoms. The lowest BCUT2D eigenvalue weighted by Gasteiger charge is -2.14. The van der Waals surface area contributed by atoms with Crippen molar-refractivity contribution in [3.05, 3.63) is 42.5 Å². The van der Waals surface area contributed by atoms with E-state index in [1.165, 1.54) is 31.9 Å². The number of rotatable bonds is 3. The first-order valence-electron chi connectivity index (χ1n) is 8.80. The molecular formula is C19H17N7. The maximum Gasteiger partial charge on any atom is 0.172 e. The summed E-state index contributed by atoms with van der Waals surface area (Å²) in [6.07, 6.45) is 12.1. The van der Waals surface area contributed by atoms with Gasteiger partial charge in [0.25, 0.3) is 0 Å². The fourth-order valence-electron chi connectivity index (χ4n) is 3.72. The van der Waals surface area contributed by atoms with Crippen LogP contribution in [-0.2, 0) is 0 Å². The first kappa shape index (κ1) is 14.9. The molecule has 0 aromatic carbocycles. The maximum absolute atomic E-state index is 9.13. The molecule has 7 heteroatoms. The highest BCUT2D eigenvalue weighted by molar-refractivity contribution is 5.94. The van der Waals surface area contributed by atoms with E-state index in [4.69, 9.17) is 10.2 Å². The van der Waals surface area contributed by atoms with Crippen LogP contribution in [0.1, 0.15) is 31.2 Å². The Bertz CT molecular complexity index is 1140. The summed E-state index contributed by atoms with van der Waals surface area (Å²) >= 11 is 0. The second kappa shape index (κ2) is 5.85. The van der Waals surface area contributed by atoms with Gasteiger partial charge in [-0.25, -0.2) is 14.5 Å². The van der Waals surface area contributed by atoms with Crippen LogP contribution in [0, 0.1) is 11.3 Å². The van der Waals surface area contributed by atoms with E-state index in [-0.39, 0.29) is 0 Å². The molecule has 0 aliphatic heterocycles. The van der Waals surface area contributed by atoms with Crippen molar-refractivity contribution < 1.29 is 0 Å². The molecule has 0 radical (unpaired) electrons. The van der Waals surface area contributed by atoms with Crippen molar-refractivity contribution in [1.82, 2.24) is 24.6 Å². The van der Waals surface area contributed by atoms with Crippen molar-refractivity contribution >= 4 is 22.5 Å². The fraction of sp³-hybridized carbons (Fsp3) is 0.263. The van der Waals surface area contributed by atoms with Gasteiger partial charge < -0.3 is 10.3 Å². The third kappa shape index (κ3) is 2.39. The molecule has 4 aromatic rings. The second-order valence-corrected chi connectivity index (χ2v) is 6.70. The smallest absolute Gasteiger partial charge is 0.172 e. The Morgan fingerprint density at radius 2 is 2.15 bits per heavy atom. The molecule has 0 bridgehead atoms. The molecule has 128 valence electrons. The average Bonchev–Trinajstić information content (AvgIpc) is 3.40. The van der Waals surface area contributed by atoms with E-state index in [2.05, 4.69) is 32.5 Å². The van der Waals surface area contributed by atoms with Crippen molar-refractivity contribution in [2.45, 2.75) is 31.7 Å². The topological polar surface area (TPSA) is 94.7 Å². The molecule has 5 rings (SSSR count). The Hall–Kier alpha value is -3.40. The Morgan fingerprint density at radius 3 is 3.00 bits per heavy atom. The molecule has 7 nitrogen and oxygen atoms in total. The van der Waals surface area contributed by atoms with Gasteiger partial charge in [-0.05, 0) is 30.5 Å². The van der Waals surface area contributed by atoms with E-state index in [0.717, 1.165) is 28.0 Å². The third-order valence-corrected chi connectivity index (χ3v) is 5.02. The van der Waals surface area contributed by atoms with Crippen LogP contribution in [0.25, 0.3) is 27.8 Å². The minimum Gasteiger partial charge on any atom is -0.367 e. The Morgan fingerprint density at radius 1 is 1.27 bits per heavy atom. The standard InChI is InChI=1S/C19H17N7/c20-8-12-10-23-26-11-13(9-22-19(12)26)16-7-17(24-14-3-1-2-4-14)25-18-15(16)5-6-21-18/h5-7,9-11,14H,1-4H2,(H2,21,24,25). The van der Waals surface area contributed by atoms with Crippen LogP contribution < -0.4 is 5.32 Å². The van der Waals surface area contributed by atoms with E-state index in [0.29, 0.717) is 17.3 Å². The van der Waals surface area contributed by atoms with Gasteiger partial charge in [-0.2, -0.15) is 10.4 Å². The molecular weight excluding hydrogens is 326 g/mol. The minimum absolute atomic E-state index is 0.474. The minimum atomic E-state index is 0.474. The van der Waals surface area contributed by atoms with Gasteiger partial charge in [0, 0.05) is 35.6 Å². The molecule has 0 spiro atoms. The summed E-state index contributed by atoms with van der Waals surface area (Å²) in [5.41, 5.74) is 3.87. The summed E-state index contributed by atoms with van der Waals surface area (Å²) in [5.74, 6) is 0.875. The van der Waals surface area contributed by atoms with E-state index in [9.17, 15) is 0 Å². The molecule has 0 saturated heterocycles. The van der Waals surface area contributed by atoms with Crippen LogP contribution in [0.3, 0.4) is 0 Å². The van der Waals surface area contributed by atoms with E-state index in [1.54, 1.807) is 10.7 Å². The molecule has 1 aliphatic carbocycles. The number of nitrogens with one attached hydrogen (secondary N) is 2. The number of hydrogen-bond donors (Lipinski definition) is 2. The summed E-state index contributed by atoms with van der Waals surface area (Å²) in [5, 5.41) is 18.0. The Balaban J connectivity index is 1.63. The molecule has 1 fully saturated rings. The number of hydrogen-bond acceptors (Lipinski definition) is 5. The van der Waals surface area contributed by atoms with Crippen molar-refractivity contribution in [3.8, 4) is 17.2 Å². The lowest BCUT2D eigenvalue weighted by molar-refractivity contribution is 0.751. The monoisotopic (exact) mass is 343 g/mol. The lowest BCUT2D eigenvalue weighted by Crippen LogP contribution is -2.15. The molecule has 0 amide bonds. The Kier molecular flexibility index (Phi) is 3.35. The lowest BCUT2D eigenvalue weighted by atomic mass is 10.1. The second-order valence-electron chi connectivity index (χ2n) is 6.70. The maximum atomic E-state index is 9.13. The molecule has 4 aromatic heterocycles. The highest BCUT2D eigenvalue weighted by Gasteiger charge is 2.17. The van der Waals surface area contributed by atoms with E-state index >= 15 is 0 Å². The zero-order chi connectivity index (χ0) is 17.5. The largest absolute Gasteiger partial charge is 0.367 e. The number of aromatic amines is 1. The summed E-state index contributed by atoms with van der Waals surface area (Å²) in [7, 11) is 0. The van der Waals surface area contributed by atoms with Crippen LogP contribution >= 0.6 is 0 Å². The van der Waals surface area contributed by atoms with Gasteiger partial charge in [0.15, 0.2) is 5.65 Å². The summed E-state index contributed by atoms with van der Waals surface area (Å²) in [4.78, 5) is 12.4. The first-order valence-corrected chi connectivity index (χ1v) is 8.80. The number of nitrogens with zero attached hydrogens (tertiary/aromatic N) is 5. The van der Waals surface area contributed by atoms with Crippen LogP contribution in [0.15, 0.2) is 36.9 Å². The van der Waals surface area contributed by atoms with Gasteiger partial charge in [0.05, 0.1) is 6.20 Å². The van der Waals surface area contributed by atoms with Gasteiger partial charge in [-0.15, -0.1) is 0 Å². The number of pyridine rings is 1. The number of anilines is 1. The highest BCUT2D eigenvalue weighted by atomic mass is 15.2. The third-order valence-electron chi connectivity index (χ3n) is 5.02. The van der Waals surface area contributed by atoms with Gasteiger partial charge in [-0.3, -0.25) is 0 Å². The van der Waals surface area contributed by atoms with Crippen LogP contribution in [0.4, 0.5) is 5.82 Å². The van der Waals surface area contributed by atoms with E-state index in [1.807, 2.05) is 18.5 Å². The molecule has 0 unspecified atom stereocenters. The SMILES string of the molecule is N#Cc1cnn2cc(-c3cc(NC4CCCC4)nc4[nH]ccc34)cnc12. The van der Waals surface area contributed by atoms with E-state index < -0.39 is 0 Å². The number of fused-ring (bicyclic) bond motifs is 2. The van der Waals surface area contributed by atoms with Crippen molar-refractivity contribution in [2.24, 2.45) is 0 Å². The summed E-state index contributed by atoms with van der Waals surface area (Å²) in [6, 6.07) is 6.70. The fourth-order valence-corrected chi connectivity index (χ4v) is 3.72. The molecule has 4 heterocycles. The number of H-pyrrole nitrogens is 1. The molecule has 0 atom stereocenters. The van der Waals surface area contributed by atoms with Gasteiger partial charge in [0.1, 0.15) is 23.1 Å². The van der Waals surface area contributed by atoms with Crippen LogP contribution in [0.5, 0.6) is 0 Å². The predicted octanol–water partition coefficient (Wildman–Crippen LogP) is 3.50. The number of nitriles is 1. The Labute approximate surface area is 149 Å². The van der Waals surface area contributed by atoms with Crippen molar-refractivity contribution in [2.75, 3.05) is 5.32 Å². The summed E-state index contributed by atoms with van der Waals surface area (Å²) < 4.78 is 1.65.